The van der Waals surface area contributed by atoms with Gasteiger partial charge in [-0.3, -0.25) is 0 Å². The molecule has 56 heavy (non-hydrogen) atoms. The Labute approximate surface area is 330 Å². The van der Waals surface area contributed by atoms with Crippen LogP contribution in [0.2, 0.25) is 0 Å². The molecule has 0 aliphatic heterocycles. The monoisotopic (exact) mass is 740 g/mol. The second kappa shape index (κ2) is 12.2. The second-order valence-electron chi connectivity index (χ2n) is 16.7. The summed E-state index contributed by atoms with van der Waals surface area (Å²) in [5, 5.41) is 7.32. The van der Waals surface area contributed by atoms with E-state index in [9.17, 15) is 0 Å². The summed E-state index contributed by atoms with van der Waals surface area (Å²) in [6.45, 7) is 9.63. The van der Waals surface area contributed by atoms with Gasteiger partial charge in [0.1, 0.15) is 0 Å². The van der Waals surface area contributed by atoms with Crippen molar-refractivity contribution in [2.45, 2.75) is 51.4 Å². The Kier molecular flexibility index (Phi) is 7.21. The second-order valence-corrected chi connectivity index (χ2v) is 17.8. The number of benzene rings is 7. The normalized spacial score (nSPS) is 14.9. The third-order valence-corrected chi connectivity index (χ3v) is 13.5. The largest absolute Gasteiger partial charge is 0.309 e. The predicted octanol–water partition coefficient (Wildman–Crippen LogP) is 13.8. The molecule has 3 heterocycles. The maximum atomic E-state index is 5.31. The zero-order chi connectivity index (χ0) is 37.8. The van der Waals surface area contributed by atoms with Gasteiger partial charge < -0.3 is 4.57 Å². The molecule has 0 amide bonds. The third-order valence-electron chi connectivity index (χ3n) is 12.3. The molecular formula is C51H40N4S. The van der Waals surface area contributed by atoms with Crippen molar-refractivity contribution in [3.05, 3.63) is 157 Å². The molecule has 5 heteroatoms. The third kappa shape index (κ3) is 5.07. The summed E-state index contributed by atoms with van der Waals surface area (Å²) < 4.78 is 4.88. The molecule has 11 rings (SSSR count). The van der Waals surface area contributed by atoms with Crippen LogP contribution in [0.3, 0.4) is 0 Å². The van der Waals surface area contributed by atoms with Crippen molar-refractivity contribution in [2.75, 3.05) is 0 Å². The van der Waals surface area contributed by atoms with E-state index in [1.54, 1.807) is 11.3 Å². The minimum absolute atomic E-state index is 0.0960. The van der Waals surface area contributed by atoms with Crippen LogP contribution < -0.4 is 0 Å². The number of thiophene rings is 1. The number of aromatic nitrogens is 4. The van der Waals surface area contributed by atoms with E-state index in [2.05, 4.69) is 178 Å². The molecule has 0 radical (unpaired) electrons. The minimum Gasteiger partial charge on any atom is -0.309 e. The smallest absolute Gasteiger partial charge is 0.165 e. The van der Waals surface area contributed by atoms with Crippen LogP contribution >= 0.6 is 11.3 Å². The Bertz CT molecular complexity index is 3210. The van der Waals surface area contributed by atoms with Gasteiger partial charge in [-0.05, 0) is 88.0 Å². The first-order valence-electron chi connectivity index (χ1n) is 19.6. The Morgan fingerprint density at radius 2 is 1.09 bits per heavy atom. The van der Waals surface area contributed by atoms with Crippen LogP contribution in [-0.2, 0) is 10.8 Å². The van der Waals surface area contributed by atoms with Gasteiger partial charge in [0.25, 0.3) is 0 Å². The zero-order valence-electron chi connectivity index (χ0n) is 32.0. The molecule has 7 aromatic carbocycles. The van der Waals surface area contributed by atoms with Crippen molar-refractivity contribution < 1.29 is 0 Å². The van der Waals surface area contributed by atoms with E-state index in [1.165, 1.54) is 65.9 Å². The number of hydrogen-bond donors (Lipinski definition) is 0. The standard InChI is InChI=1S/C51H40N4S/c1-50(2)26-27-51(3,4)42-30-44-40(29-41(42)50)35-19-7-9-24-43(35)55(44)33-17-11-16-32(28-33)47-52-48(38-22-12-15-31-14-5-6-18-34(31)38)54-49(53-47)39-23-13-21-37-36-20-8-10-25-45(36)56-46(37)39/h5-25,28-30H,26-27H2,1-4H3. The van der Waals surface area contributed by atoms with Gasteiger partial charge in [0.15, 0.2) is 17.5 Å². The molecule has 0 spiro atoms. The summed E-state index contributed by atoms with van der Waals surface area (Å²) in [5.41, 5.74) is 9.62. The fourth-order valence-electron chi connectivity index (χ4n) is 9.18. The SMILES string of the molecule is CC1(C)CCC(C)(C)c2cc3c(cc21)c1ccccc1n3-c1cccc(-c2nc(-c3cccc4ccccc34)nc(-c3cccc4c3sc3ccccc34)n2)c1. The van der Waals surface area contributed by atoms with Crippen LogP contribution in [-0.4, -0.2) is 19.5 Å². The highest BCUT2D eigenvalue weighted by Gasteiger charge is 2.38. The molecule has 3 aromatic heterocycles. The van der Waals surface area contributed by atoms with Gasteiger partial charge in [-0.1, -0.05) is 131 Å². The lowest BCUT2D eigenvalue weighted by Gasteiger charge is -2.42. The molecule has 0 fully saturated rings. The predicted molar refractivity (Wildman–Crippen MR) is 236 cm³/mol. The first kappa shape index (κ1) is 33.2. The van der Waals surface area contributed by atoms with E-state index in [-0.39, 0.29) is 10.8 Å². The Morgan fingerprint density at radius 1 is 0.482 bits per heavy atom. The highest BCUT2D eigenvalue weighted by atomic mass is 32.1. The molecule has 0 atom stereocenters. The van der Waals surface area contributed by atoms with Crippen molar-refractivity contribution in [3.8, 4) is 39.9 Å². The zero-order valence-corrected chi connectivity index (χ0v) is 32.8. The van der Waals surface area contributed by atoms with Crippen LogP contribution in [0.5, 0.6) is 0 Å². The maximum Gasteiger partial charge on any atom is 0.165 e. The molecule has 1 aliphatic carbocycles. The molecule has 1 aliphatic rings. The quantitative estimate of drug-likeness (QED) is 0.180. The Morgan fingerprint density at radius 3 is 1.93 bits per heavy atom. The molecule has 10 aromatic rings. The topological polar surface area (TPSA) is 43.6 Å². The Hall–Kier alpha value is -6.17. The summed E-state index contributed by atoms with van der Waals surface area (Å²) in [6.07, 6.45) is 2.36. The van der Waals surface area contributed by atoms with Gasteiger partial charge in [-0.15, -0.1) is 11.3 Å². The van der Waals surface area contributed by atoms with E-state index in [0.29, 0.717) is 17.5 Å². The first-order chi connectivity index (χ1) is 27.2. The van der Waals surface area contributed by atoms with Crippen LogP contribution in [0.4, 0.5) is 0 Å². The van der Waals surface area contributed by atoms with Crippen molar-refractivity contribution >= 4 is 64.1 Å². The summed E-state index contributed by atoms with van der Waals surface area (Å²) in [4.78, 5) is 15.9. The van der Waals surface area contributed by atoms with E-state index in [1.807, 2.05) is 0 Å². The van der Waals surface area contributed by atoms with Crippen molar-refractivity contribution in [1.82, 2.24) is 19.5 Å². The number of nitrogens with zero attached hydrogens (tertiary/aromatic N) is 4. The molecule has 0 saturated carbocycles. The molecule has 0 unspecified atom stereocenters. The number of rotatable bonds is 4. The van der Waals surface area contributed by atoms with Crippen LogP contribution in [0.15, 0.2) is 146 Å². The van der Waals surface area contributed by atoms with E-state index in [0.717, 1.165) is 33.2 Å². The van der Waals surface area contributed by atoms with Crippen molar-refractivity contribution in [2.24, 2.45) is 0 Å². The van der Waals surface area contributed by atoms with Gasteiger partial charge in [-0.25, -0.2) is 15.0 Å². The molecule has 270 valence electrons. The van der Waals surface area contributed by atoms with E-state index in [4.69, 9.17) is 15.0 Å². The number of para-hydroxylation sites is 1. The lowest BCUT2D eigenvalue weighted by molar-refractivity contribution is 0.332. The van der Waals surface area contributed by atoms with Gasteiger partial charge in [0, 0.05) is 53.3 Å². The molecule has 0 saturated heterocycles. The van der Waals surface area contributed by atoms with Crippen LogP contribution in [0.1, 0.15) is 51.7 Å². The summed E-state index contributed by atoms with van der Waals surface area (Å²) in [7, 11) is 0. The highest BCUT2D eigenvalue weighted by Crippen LogP contribution is 2.49. The fourth-order valence-corrected chi connectivity index (χ4v) is 10.4. The van der Waals surface area contributed by atoms with Gasteiger partial charge in [0.2, 0.25) is 0 Å². The fraction of sp³-hybridized carbons (Fsp3) is 0.157. The first-order valence-corrected chi connectivity index (χ1v) is 20.4. The van der Waals surface area contributed by atoms with Crippen molar-refractivity contribution in [1.29, 1.82) is 0 Å². The number of hydrogen-bond acceptors (Lipinski definition) is 4. The summed E-state index contributed by atoms with van der Waals surface area (Å²) in [5.74, 6) is 1.99. The highest BCUT2D eigenvalue weighted by molar-refractivity contribution is 7.26. The molecule has 0 N–H and O–H groups in total. The van der Waals surface area contributed by atoms with Crippen LogP contribution in [0, 0.1) is 0 Å². The van der Waals surface area contributed by atoms with E-state index >= 15 is 0 Å². The maximum absolute atomic E-state index is 5.31. The number of fused-ring (bicyclic) bond motifs is 8. The lowest BCUT2D eigenvalue weighted by atomic mass is 9.63. The Balaban J connectivity index is 1.15. The molecule has 0 bridgehead atoms. The minimum atomic E-state index is 0.0960. The van der Waals surface area contributed by atoms with E-state index < -0.39 is 0 Å². The summed E-state index contributed by atoms with van der Waals surface area (Å²) in [6, 6.07) is 52.5. The average molecular weight is 741 g/mol. The lowest BCUT2D eigenvalue weighted by Crippen LogP contribution is -2.33. The average Bonchev–Trinajstić information content (AvgIpc) is 3.77. The van der Waals surface area contributed by atoms with Crippen molar-refractivity contribution in [3.63, 3.8) is 0 Å². The van der Waals surface area contributed by atoms with Gasteiger partial charge in [0.05, 0.1) is 11.0 Å². The molecule has 4 nitrogen and oxygen atoms in total. The molecular weight excluding hydrogens is 701 g/mol. The van der Waals surface area contributed by atoms with Gasteiger partial charge in [-0.2, -0.15) is 0 Å². The van der Waals surface area contributed by atoms with Gasteiger partial charge >= 0.3 is 0 Å². The summed E-state index contributed by atoms with van der Waals surface area (Å²) >= 11 is 1.80. The van der Waals surface area contributed by atoms with Crippen LogP contribution in [0.25, 0.3) is 92.6 Å².